The largest absolute Gasteiger partial charge is 0.508 e. The van der Waals surface area contributed by atoms with E-state index in [1.807, 2.05) is 24.3 Å². The fraction of sp³-hybridized carbons (Fsp3) is 0.222. The summed E-state index contributed by atoms with van der Waals surface area (Å²) in [7, 11) is 0. The standard InChI is InChI=1S/C18H18FNO/c19-17-5-3-15(4-6-17)16-9-11-20(12-10-16)13-14-1-7-18(21)8-2-14/h1-9,21H,10-13H2. The van der Waals surface area contributed by atoms with Crippen molar-refractivity contribution in [3.05, 3.63) is 71.6 Å². The van der Waals surface area contributed by atoms with E-state index in [9.17, 15) is 9.50 Å². The molecule has 0 bridgehead atoms. The molecule has 0 atom stereocenters. The summed E-state index contributed by atoms with van der Waals surface area (Å²) in [6.45, 7) is 2.77. The smallest absolute Gasteiger partial charge is 0.123 e. The molecule has 0 aliphatic carbocycles. The quantitative estimate of drug-likeness (QED) is 0.925. The summed E-state index contributed by atoms with van der Waals surface area (Å²) >= 11 is 0. The number of hydrogen-bond acceptors (Lipinski definition) is 2. The van der Waals surface area contributed by atoms with E-state index in [0.29, 0.717) is 5.75 Å². The molecule has 2 nitrogen and oxygen atoms in total. The SMILES string of the molecule is Oc1ccc(CN2CC=C(c3ccc(F)cc3)CC2)cc1. The first-order valence-electron chi connectivity index (χ1n) is 7.16. The number of hydrogen-bond donors (Lipinski definition) is 1. The number of nitrogens with zero attached hydrogens (tertiary/aromatic N) is 1. The molecule has 0 amide bonds. The van der Waals surface area contributed by atoms with Crippen LogP contribution in [0.2, 0.25) is 0 Å². The molecule has 1 aliphatic heterocycles. The zero-order valence-corrected chi connectivity index (χ0v) is 11.8. The minimum absolute atomic E-state index is 0.191. The van der Waals surface area contributed by atoms with Crippen molar-refractivity contribution in [2.75, 3.05) is 13.1 Å². The van der Waals surface area contributed by atoms with E-state index in [1.165, 1.54) is 23.3 Å². The van der Waals surface area contributed by atoms with Crippen LogP contribution in [0.15, 0.2) is 54.6 Å². The first kappa shape index (κ1) is 13.8. The van der Waals surface area contributed by atoms with Gasteiger partial charge in [-0.15, -0.1) is 0 Å². The minimum atomic E-state index is -0.191. The molecule has 21 heavy (non-hydrogen) atoms. The Labute approximate surface area is 124 Å². The van der Waals surface area contributed by atoms with Crippen molar-refractivity contribution in [2.24, 2.45) is 0 Å². The van der Waals surface area contributed by atoms with Crippen molar-refractivity contribution < 1.29 is 9.50 Å². The third-order valence-corrected chi connectivity index (χ3v) is 3.85. The summed E-state index contributed by atoms with van der Waals surface area (Å²) in [6, 6.07) is 14.1. The molecule has 0 saturated carbocycles. The molecule has 0 unspecified atom stereocenters. The lowest BCUT2D eigenvalue weighted by atomic mass is 9.99. The third kappa shape index (κ3) is 3.50. The predicted molar refractivity (Wildman–Crippen MR) is 82.4 cm³/mol. The average Bonchev–Trinajstić information content (AvgIpc) is 2.51. The Morgan fingerprint density at radius 1 is 1.00 bits per heavy atom. The van der Waals surface area contributed by atoms with Crippen molar-refractivity contribution in [1.82, 2.24) is 4.90 Å². The van der Waals surface area contributed by atoms with E-state index in [4.69, 9.17) is 0 Å². The molecule has 1 N–H and O–H groups in total. The van der Waals surface area contributed by atoms with Gasteiger partial charge in [-0.05, 0) is 47.4 Å². The highest BCUT2D eigenvalue weighted by molar-refractivity contribution is 5.66. The maximum absolute atomic E-state index is 12.9. The first-order valence-corrected chi connectivity index (χ1v) is 7.16. The summed E-state index contributed by atoms with van der Waals surface area (Å²) in [5, 5.41) is 9.29. The molecule has 3 rings (SSSR count). The van der Waals surface area contributed by atoms with Gasteiger partial charge in [0.15, 0.2) is 0 Å². The van der Waals surface area contributed by atoms with Crippen molar-refractivity contribution in [1.29, 1.82) is 0 Å². The van der Waals surface area contributed by atoms with Crippen LogP contribution in [-0.4, -0.2) is 23.1 Å². The number of phenolic OH excluding ortho intramolecular Hbond substituents is 1. The number of benzene rings is 2. The Kier molecular flexibility index (Phi) is 4.02. The van der Waals surface area contributed by atoms with Crippen LogP contribution >= 0.6 is 0 Å². The molecule has 108 valence electrons. The van der Waals surface area contributed by atoms with Crippen LogP contribution in [-0.2, 0) is 6.54 Å². The molecule has 0 spiro atoms. The van der Waals surface area contributed by atoms with Gasteiger partial charge in [0.25, 0.3) is 0 Å². The summed E-state index contributed by atoms with van der Waals surface area (Å²) < 4.78 is 12.9. The molecule has 1 heterocycles. The van der Waals surface area contributed by atoms with Gasteiger partial charge in [-0.1, -0.05) is 30.3 Å². The van der Waals surface area contributed by atoms with Gasteiger partial charge in [0.1, 0.15) is 11.6 Å². The second kappa shape index (κ2) is 6.10. The van der Waals surface area contributed by atoms with E-state index in [0.717, 1.165) is 31.6 Å². The maximum atomic E-state index is 12.9. The van der Waals surface area contributed by atoms with E-state index >= 15 is 0 Å². The molecule has 2 aromatic rings. The van der Waals surface area contributed by atoms with Crippen molar-refractivity contribution in [3.8, 4) is 5.75 Å². The minimum Gasteiger partial charge on any atom is -0.508 e. The topological polar surface area (TPSA) is 23.5 Å². The van der Waals surface area contributed by atoms with Gasteiger partial charge < -0.3 is 5.11 Å². The Bertz CT molecular complexity index is 631. The molecule has 0 radical (unpaired) electrons. The van der Waals surface area contributed by atoms with Gasteiger partial charge in [-0.2, -0.15) is 0 Å². The Morgan fingerprint density at radius 3 is 2.33 bits per heavy atom. The van der Waals surface area contributed by atoms with Crippen molar-refractivity contribution in [2.45, 2.75) is 13.0 Å². The van der Waals surface area contributed by atoms with Crippen LogP contribution in [0, 0.1) is 5.82 Å². The van der Waals surface area contributed by atoms with Gasteiger partial charge in [0.05, 0.1) is 0 Å². The number of rotatable bonds is 3. The highest BCUT2D eigenvalue weighted by atomic mass is 19.1. The molecule has 1 aliphatic rings. The highest BCUT2D eigenvalue weighted by Crippen LogP contribution is 2.23. The Balaban J connectivity index is 1.63. The van der Waals surface area contributed by atoms with E-state index < -0.39 is 0 Å². The van der Waals surface area contributed by atoms with E-state index in [2.05, 4.69) is 11.0 Å². The molecule has 0 aromatic heterocycles. The third-order valence-electron chi connectivity index (χ3n) is 3.85. The lowest BCUT2D eigenvalue weighted by Gasteiger charge is -2.26. The lowest BCUT2D eigenvalue weighted by Crippen LogP contribution is -2.27. The maximum Gasteiger partial charge on any atom is 0.123 e. The molecular formula is C18H18FNO. The van der Waals surface area contributed by atoms with Crippen LogP contribution in [0.1, 0.15) is 17.5 Å². The summed E-state index contributed by atoms with van der Waals surface area (Å²) in [6.07, 6.45) is 3.20. The zero-order valence-electron chi connectivity index (χ0n) is 11.8. The van der Waals surface area contributed by atoms with Crippen LogP contribution in [0.3, 0.4) is 0 Å². The second-order valence-electron chi connectivity index (χ2n) is 5.39. The summed E-state index contributed by atoms with van der Waals surface area (Å²) in [5.74, 6) is 0.111. The molecule has 2 aromatic carbocycles. The number of phenols is 1. The normalized spacial score (nSPS) is 15.8. The van der Waals surface area contributed by atoms with Gasteiger partial charge in [0, 0.05) is 19.6 Å². The zero-order chi connectivity index (χ0) is 14.7. The van der Waals surface area contributed by atoms with Crippen molar-refractivity contribution in [3.63, 3.8) is 0 Å². The fourth-order valence-corrected chi connectivity index (χ4v) is 2.64. The van der Waals surface area contributed by atoms with Gasteiger partial charge in [-0.3, -0.25) is 4.90 Å². The number of halogens is 1. The van der Waals surface area contributed by atoms with Crippen LogP contribution in [0.25, 0.3) is 5.57 Å². The number of aromatic hydroxyl groups is 1. The summed E-state index contributed by atoms with van der Waals surface area (Å²) in [5.41, 5.74) is 3.60. The average molecular weight is 283 g/mol. The van der Waals surface area contributed by atoms with Gasteiger partial charge >= 0.3 is 0 Å². The predicted octanol–water partition coefficient (Wildman–Crippen LogP) is 3.82. The van der Waals surface area contributed by atoms with Crippen LogP contribution in [0.4, 0.5) is 4.39 Å². The molecule has 0 fully saturated rings. The van der Waals surface area contributed by atoms with E-state index in [1.54, 1.807) is 12.1 Å². The van der Waals surface area contributed by atoms with Crippen LogP contribution in [0.5, 0.6) is 5.75 Å². The van der Waals surface area contributed by atoms with E-state index in [-0.39, 0.29) is 5.82 Å². The molecule has 3 heteroatoms. The van der Waals surface area contributed by atoms with Gasteiger partial charge in [0.2, 0.25) is 0 Å². The van der Waals surface area contributed by atoms with Crippen LogP contribution < -0.4 is 0 Å². The second-order valence-corrected chi connectivity index (χ2v) is 5.39. The van der Waals surface area contributed by atoms with Crippen molar-refractivity contribution >= 4 is 5.57 Å². The van der Waals surface area contributed by atoms with Gasteiger partial charge in [-0.25, -0.2) is 4.39 Å². The fourth-order valence-electron chi connectivity index (χ4n) is 2.64. The Hall–Kier alpha value is -2.13. The molecular weight excluding hydrogens is 265 g/mol. The first-order chi connectivity index (χ1) is 10.2. The monoisotopic (exact) mass is 283 g/mol. The lowest BCUT2D eigenvalue weighted by molar-refractivity contribution is 0.294. The highest BCUT2D eigenvalue weighted by Gasteiger charge is 2.13. The molecule has 0 saturated heterocycles. The Morgan fingerprint density at radius 2 is 1.71 bits per heavy atom. The summed E-state index contributed by atoms with van der Waals surface area (Å²) in [4.78, 5) is 2.36.